The number of hydrazone groups is 1. The molecule has 134 valence electrons. The van der Waals surface area contributed by atoms with Crippen molar-refractivity contribution in [1.82, 2.24) is 5.32 Å². The van der Waals surface area contributed by atoms with Crippen molar-refractivity contribution in [2.45, 2.75) is 44.4 Å². The van der Waals surface area contributed by atoms with Gasteiger partial charge in [-0.1, -0.05) is 0 Å². The van der Waals surface area contributed by atoms with Gasteiger partial charge in [0, 0.05) is 13.0 Å². The van der Waals surface area contributed by atoms with Crippen molar-refractivity contribution in [3.63, 3.8) is 0 Å². The summed E-state index contributed by atoms with van der Waals surface area (Å²) in [7, 11) is 0. The van der Waals surface area contributed by atoms with Crippen molar-refractivity contribution in [2.24, 2.45) is 10.8 Å². The highest BCUT2D eigenvalue weighted by atomic mass is 19.1. The number of halogens is 1. The predicted octanol–water partition coefficient (Wildman–Crippen LogP) is 0.929. The minimum absolute atomic E-state index is 0.00825. The van der Waals surface area contributed by atoms with Gasteiger partial charge in [-0.15, -0.1) is 0 Å². The van der Waals surface area contributed by atoms with E-state index in [4.69, 9.17) is 10.5 Å². The van der Waals surface area contributed by atoms with E-state index in [-0.39, 0.29) is 30.2 Å². The van der Waals surface area contributed by atoms with E-state index in [1.54, 1.807) is 0 Å². The lowest BCUT2D eigenvalue weighted by molar-refractivity contribution is -0.119. The maximum atomic E-state index is 13.1. The summed E-state index contributed by atoms with van der Waals surface area (Å²) in [5.41, 5.74) is 6.16. The molecule has 0 bridgehead atoms. The maximum Gasteiger partial charge on any atom is 0.267 e. The largest absolute Gasteiger partial charge is 0.376 e. The highest BCUT2D eigenvalue weighted by molar-refractivity contribution is 6.40. The van der Waals surface area contributed by atoms with Crippen molar-refractivity contribution in [1.29, 1.82) is 0 Å². The van der Waals surface area contributed by atoms with E-state index >= 15 is 0 Å². The number of nitrogens with zero attached hydrogens (tertiary/aromatic N) is 2. The molecule has 1 fully saturated rings. The van der Waals surface area contributed by atoms with Crippen molar-refractivity contribution in [2.75, 3.05) is 11.6 Å². The van der Waals surface area contributed by atoms with Gasteiger partial charge in [-0.2, -0.15) is 5.10 Å². The van der Waals surface area contributed by atoms with Gasteiger partial charge in [-0.05, 0) is 44.0 Å². The Balaban J connectivity index is 1.74. The van der Waals surface area contributed by atoms with Crippen LogP contribution in [0.3, 0.4) is 0 Å². The number of rotatable bonds is 5. The third kappa shape index (κ3) is 3.79. The average molecular weight is 348 g/mol. The van der Waals surface area contributed by atoms with Crippen molar-refractivity contribution in [3.05, 3.63) is 30.1 Å². The number of carbonyl (C=O) groups is 2. The number of hydrogen-bond acceptors (Lipinski definition) is 5. The Morgan fingerprint density at radius 2 is 2.12 bits per heavy atom. The Morgan fingerprint density at radius 1 is 1.40 bits per heavy atom. The lowest BCUT2D eigenvalue weighted by Gasteiger charge is -2.20. The third-order valence-electron chi connectivity index (χ3n) is 4.47. The molecular formula is C17H21FN4O3. The van der Waals surface area contributed by atoms with Gasteiger partial charge in [0.2, 0.25) is 5.91 Å². The van der Waals surface area contributed by atoms with Gasteiger partial charge >= 0.3 is 0 Å². The monoisotopic (exact) mass is 348 g/mol. The Morgan fingerprint density at radius 3 is 2.72 bits per heavy atom. The van der Waals surface area contributed by atoms with Gasteiger partial charge in [-0.3, -0.25) is 14.6 Å². The smallest absolute Gasteiger partial charge is 0.267 e. The van der Waals surface area contributed by atoms with E-state index in [2.05, 4.69) is 10.4 Å². The molecule has 25 heavy (non-hydrogen) atoms. The Kier molecular flexibility index (Phi) is 4.98. The molecule has 0 saturated carbocycles. The van der Waals surface area contributed by atoms with E-state index in [1.165, 1.54) is 29.3 Å². The SMILES string of the molecule is CC(NC(=O)C1=NN(c2ccc(F)cc2)C(C(N)=O)C1)C1CCCO1. The summed E-state index contributed by atoms with van der Waals surface area (Å²) in [6.45, 7) is 2.58. The number of hydrogen-bond donors (Lipinski definition) is 2. The number of primary amides is 1. The van der Waals surface area contributed by atoms with E-state index < -0.39 is 17.8 Å². The van der Waals surface area contributed by atoms with Crippen LogP contribution in [0.2, 0.25) is 0 Å². The first-order chi connectivity index (χ1) is 12.0. The van der Waals surface area contributed by atoms with Gasteiger partial charge in [-0.25, -0.2) is 4.39 Å². The Labute approximate surface area is 145 Å². The number of nitrogens with two attached hydrogens (primary N) is 1. The van der Waals surface area contributed by atoms with Crippen molar-refractivity contribution >= 4 is 23.2 Å². The molecule has 2 aliphatic heterocycles. The zero-order valence-electron chi connectivity index (χ0n) is 13.9. The number of carbonyl (C=O) groups excluding carboxylic acids is 2. The number of ether oxygens (including phenoxy) is 1. The fourth-order valence-corrected chi connectivity index (χ4v) is 3.08. The highest BCUT2D eigenvalue weighted by Gasteiger charge is 2.36. The molecule has 8 heteroatoms. The highest BCUT2D eigenvalue weighted by Crippen LogP contribution is 2.25. The van der Waals surface area contributed by atoms with Gasteiger partial charge in [0.15, 0.2) is 0 Å². The first-order valence-electron chi connectivity index (χ1n) is 8.30. The molecule has 2 heterocycles. The van der Waals surface area contributed by atoms with Gasteiger partial charge in [0.25, 0.3) is 5.91 Å². The quantitative estimate of drug-likeness (QED) is 0.827. The topological polar surface area (TPSA) is 97.0 Å². The van der Waals surface area contributed by atoms with Gasteiger partial charge in [0.05, 0.1) is 17.8 Å². The summed E-state index contributed by atoms with van der Waals surface area (Å²) < 4.78 is 18.7. The molecule has 1 aromatic rings. The number of nitrogens with one attached hydrogen (secondary N) is 1. The predicted molar refractivity (Wildman–Crippen MR) is 90.5 cm³/mol. The molecule has 3 N–H and O–H groups in total. The summed E-state index contributed by atoms with van der Waals surface area (Å²) in [5.74, 6) is -1.34. The molecule has 0 aliphatic carbocycles. The first kappa shape index (κ1) is 17.3. The molecule has 2 aliphatic rings. The molecule has 3 unspecified atom stereocenters. The van der Waals surface area contributed by atoms with Gasteiger partial charge < -0.3 is 15.8 Å². The fourth-order valence-electron chi connectivity index (χ4n) is 3.08. The van der Waals surface area contributed by atoms with Crippen LogP contribution in [0.15, 0.2) is 29.4 Å². The molecule has 0 radical (unpaired) electrons. The van der Waals surface area contributed by atoms with Crippen LogP contribution in [0.5, 0.6) is 0 Å². The molecule has 3 rings (SSSR count). The molecule has 1 saturated heterocycles. The van der Waals surface area contributed by atoms with Crippen LogP contribution >= 0.6 is 0 Å². The second kappa shape index (κ2) is 7.18. The van der Waals surface area contributed by atoms with Crippen molar-refractivity contribution < 1.29 is 18.7 Å². The standard InChI is InChI=1S/C17H21FN4O3/c1-10(15-3-2-8-25-15)20-17(24)13-9-14(16(19)23)22(21-13)12-6-4-11(18)5-7-12/h4-7,10,14-15H,2-3,8-9H2,1H3,(H2,19,23)(H,20,24). The average Bonchev–Trinajstić information content (AvgIpc) is 3.25. The molecular weight excluding hydrogens is 327 g/mol. The summed E-state index contributed by atoms with van der Waals surface area (Å²) in [6.07, 6.45) is 1.98. The summed E-state index contributed by atoms with van der Waals surface area (Å²) in [4.78, 5) is 24.2. The lowest BCUT2D eigenvalue weighted by atomic mass is 10.1. The van der Waals surface area contributed by atoms with Crippen LogP contribution in [-0.2, 0) is 14.3 Å². The van der Waals surface area contributed by atoms with E-state index in [9.17, 15) is 14.0 Å². The molecule has 3 atom stereocenters. The lowest BCUT2D eigenvalue weighted by Crippen LogP contribution is -2.44. The molecule has 7 nitrogen and oxygen atoms in total. The number of benzene rings is 1. The van der Waals surface area contributed by atoms with Gasteiger partial charge in [0.1, 0.15) is 17.6 Å². The maximum absolute atomic E-state index is 13.1. The normalized spacial score (nSPS) is 24.1. The zero-order valence-corrected chi connectivity index (χ0v) is 13.9. The van der Waals surface area contributed by atoms with Crippen molar-refractivity contribution in [3.8, 4) is 0 Å². The Bertz CT molecular complexity index is 686. The second-order valence-electron chi connectivity index (χ2n) is 6.30. The first-order valence-corrected chi connectivity index (χ1v) is 8.30. The number of anilines is 1. The van der Waals surface area contributed by atoms with Crippen LogP contribution in [0.1, 0.15) is 26.2 Å². The minimum atomic E-state index is -0.774. The zero-order chi connectivity index (χ0) is 18.0. The van der Waals surface area contributed by atoms with Crippen LogP contribution < -0.4 is 16.1 Å². The van der Waals surface area contributed by atoms with E-state index in [0.29, 0.717) is 12.3 Å². The molecule has 2 amide bonds. The van der Waals surface area contributed by atoms with Crippen LogP contribution in [0.4, 0.5) is 10.1 Å². The van der Waals surface area contributed by atoms with E-state index in [0.717, 1.165) is 12.8 Å². The van der Waals surface area contributed by atoms with Crippen LogP contribution in [0, 0.1) is 5.82 Å². The number of amides is 2. The van der Waals surface area contributed by atoms with E-state index in [1.807, 2.05) is 6.92 Å². The summed E-state index contributed by atoms with van der Waals surface area (Å²) in [5, 5.41) is 8.48. The molecule has 1 aromatic carbocycles. The summed E-state index contributed by atoms with van der Waals surface area (Å²) in [6, 6.07) is 4.59. The van der Waals surface area contributed by atoms with Crippen LogP contribution in [-0.4, -0.2) is 42.3 Å². The molecule has 0 aromatic heterocycles. The second-order valence-corrected chi connectivity index (χ2v) is 6.30. The molecule has 0 spiro atoms. The Hall–Kier alpha value is -2.48. The fraction of sp³-hybridized carbons (Fsp3) is 0.471. The third-order valence-corrected chi connectivity index (χ3v) is 4.47. The summed E-state index contributed by atoms with van der Waals surface area (Å²) >= 11 is 0. The minimum Gasteiger partial charge on any atom is -0.376 e. The van der Waals surface area contributed by atoms with Crippen LogP contribution in [0.25, 0.3) is 0 Å².